The van der Waals surface area contributed by atoms with Crippen molar-refractivity contribution >= 4 is 92.7 Å². The van der Waals surface area contributed by atoms with Gasteiger partial charge in [-0.25, -0.2) is 5.26 Å². The molecule has 0 spiro atoms. The Labute approximate surface area is 336 Å². The predicted octanol–water partition coefficient (Wildman–Crippen LogP) is 2.92. The van der Waals surface area contributed by atoms with Crippen molar-refractivity contribution in [2.24, 2.45) is 0 Å². The fourth-order valence-electron chi connectivity index (χ4n) is 5.98. The van der Waals surface area contributed by atoms with E-state index in [1.807, 2.05) is 9.80 Å². The van der Waals surface area contributed by atoms with Crippen molar-refractivity contribution < 1.29 is 37.8 Å². The fourth-order valence-corrected chi connectivity index (χ4v) is 7.52. The van der Waals surface area contributed by atoms with Crippen LogP contribution in [0.25, 0.3) is 12.2 Å². The van der Waals surface area contributed by atoms with E-state index in [-0.39, 0.29) is 46.9 Å². The fraction of sp³-hybridized carbons (Fsp3) is 0.375. The number of piperazine rings is 2. The summed E-state index contributed by atoms with van der Waals surface area (Å²) in [7, 11) is -4.72. The molecule has 0 radical (unpaired) electrons. The minimum absolute atomic E-state index is 0.0105. The van der Waals surface area contributed by atoms with Crippen LogP contribution in [0.5, 0.6) is 0 Å². The second kappa shape index (κ2) is 19.4. The lowest BCUT2D eigenvalue weighted by Gasteiger charge is -2.34. The third-order valence-corrected chi connectivity index (χ3v) is 10.7. The molecule has 2 aromatic carbocycles. The highest BCUT2D eigenvalue weighted by Gasteiger charge is 2.22. The number of benzene rings is 2. The number of nitrogens with zero attached hydrogens (tertiary/aromatic N) is 10. The van der Waals surface area contributed by atoms with Crippen molar-refractivity contribution in [3.8, 4) is 0 Å². The molecule has 2 aliphatic heterocycles. The van der Waals surface area contributed by atoms with E-state index >= 15 is 0 Å². The number of aliphatic hydroxyl groups is 2. The van der Waals surface area contributed by atoms with Gasteiger partial charge < -0.3 is 30.6 Å². The minimum atomic E-state index is -4.72. The molecule has 24 heteroatoms. The quantitative estimate of drug-likeness (QED) is 0.0312. The lowest BCUT2D eigenvalue weighted by molar-refractivity contribution is -0.432. The molecule has 2 aliphatic rings. The molecule has 0 atom stereocenters. The van der Waals surface area contributed by atoms with Gasteiger partial charge in [0.15, 0.2) is 0 Å². The molecule has 0 saturated carbocycles. The van der Waals surface area contributed by atoms with Crippen LogP contribution in [0.1, 0.15) is 11.1 Å². The van der Waals surface area contributed by atoms with Crippen LogP contribution < -0.4 is 20.4 Å². The molecule has 4 aromatic rings. The molecule has 2 aromatic heterocycles. The van der Waals surface area contributed by atoms with Crippen LogP contribution in [-0.4, -0.2) is 147 Å². The van der Waals surface area contributed by atoms with Crippen LogP contribution in [-0.2, 0) is 19.5 Å². The predicted molar refractivity (Wildman–Crippen MR) is 210 cm³/mol. The van der Waals surface area contributed by atoms with Crippen molar-refractivity contribution in [3.05, 3.63) is 58.1 Å². The third-order valence-electron chi connectivity index (χ3n) is 8.75. The first-order valence-corrected chi connectivity index (χ1v) is 20.1. The monoisotopic (exact) mass is 852 g/mol. The van der Waals surface area contributed by atoms with E-state index in [0.29, 0.717) is 92.4 Å². The number of aliphatic hydroxyl groups excluding tert-OH is 2. The zero-order chi connectivity index (χ0) is 39.7. The number of halogens is 2. The summed E-state index contributed by atoms with van der Waals surface area (Å²) in [6, 6.07) is 9.32. The summed E-state index contributed by atoms with van der Waals surface area (Å²) in [6.07, 6.45) is 3.06. The van der Waals surface area contributed by atoms with Crippen molar-refractivity contribution in [2.45, 2.75) is 9.79 Å². The first-order valence-electron chi connectivity index (χ1n) is 17.1. The van der Waals surface area contributed by atoms with Gasteiger partial charge in [-0.05, 0) is 58.6 Å². The average Bonchev–Trinajstić information content (AvgIpc) is 3.17. The molecule has 6 N–H and O–H groups in total. The first-order chi connectivity index (χ1) is 27.0. The molecule has 0 amide bonds. The Morgan fingerprint density at radius 1 is 0.714 bits per heavy atom. The topological polar surface area (TPSA) is 248 Å². The number of aromatic nitrogens is 6. The summed E-state index contributed by atoms with van der Waals surface area (Å²) in [6.45, 7) is 6.66. The number of β-amino-alcohol motifs (C(OH)–C–C–N with tert-alkyl or cyclic N) is 2. The zero-order valence-electron chi connectivity index (χ0n) is 29.6. The maximum absolute atomic E-state index is 12.6. The van der Waals surface area contributed by atoms with Crippen molar-refractivity contribution in [2.75, 3.05) is 99.1 Å². The van der Waals surface area contributed by atoms with Crippen LogP contribution in [0.15, 0.2) is 46.2 Å². The minimum Gasteiger partial charge on any atom is -0.395 e. The van der Waals surface area contributed by atoms with Gasteiger partial charge in [0.2, 0.25) is 34.4 Å². The van der Waals surface area contributed by atoms with Gasteiger partial charge >= 0.3 is 0 Å². The van der Waals surface area contributed by atoms with Crippen molar-refractivity contribution in [1.82, 2.24) is 39.7 Å². The van der Waals surface area contributed by atoms with Crippen LogP contribution in [0, 0.1) is 0 Å². The lowest BCUT2D eigenvalue weighted by atomic mass is 10.1. The number of rotatable bonds is 16. The van der Waals surface area contributed by atoms with E-state index in [4.69, 9.17) is 32.8 Å². The second-order valence-electron chi connectivity index (χ2n) is 12.4. The van der Waals surface area contributed by atoms with E-state index in [1.165, 1.54) is 18.2 Å². The lowest BCUT2D eigenvalue weighted by Crippen LogP contribution is -2.47. The highest BCUT2D eigenvalue weighted by molar-refractivity contribution is 7.94. The first kappa shape index (κ1) is 41.6. The Hall–Kier alpha value is -4.04. The third kappa shape index (κ3) is 11.3. The number of hydrogen-bond acceptors (Lipinski definition) is 20. The largest absolute Gasteiger partial charge is 0.395 e. The number of hydrogen-bond donors (Lipinski definition) is 6. The molecule has 2 fully saturated rings. The van der Waals surface area contributed by atoms with Gasteiger partial charge in [-0.2, -0.15) is 38.3 Å². The molecule has 300 valence electrons. The van der Waals surface area contributed by atoms with Gasteiger partial charge in [-0.15, -0.1) is 4.33 Å². The summed E-state index contributed by atoms with van der Waals surface area (Å²) in [5.41, 5.74) is 1.42. The Kier molecular flexibility index (Phi) is 14.4. The summed E-state index contributed by atoms with van der Waals surface area (Å²) < 4.78 is 40.0. The van der Waals surface area contributed by atoms with Gasteiger partial charge in [0.25, 0.3) is 10.1 Å². The maximum atomic E-state index is 12.6. The van der Waals surface area contributed by atoms with Crippen LogP contribution >= 0.6 is 35.2 Å². The van der Waals surface area contributed by atoms with Gasteiger partial charge in [0.1, 0.15) is 4.90 Å². The van der Waals surface area contributed by atoms with E-state index in [1.54, 1.807) is 30.3 Å². The molecule has 56 heavy (non-hydrogen) atoms. The van der Waals surface area contributed by atoms with Crippen molar-refractivity contribution in [3.63, 3.8) is 0 Å². The maximum Gasteiger partial charge on any atom is 0.295 e. The molecule has 0 bridgehead atoms. The molecule has 20 nitrogen and oxygen atoms in total. The van der Waals surface area contributed by atoms with Gasteiger partial charge in [0.05, 0.1) is 25.3 Å². The highest BCUT2D eigenvalue weighted by Crippen LogP contribution is 2.31. The summed E-state index contributed by atoms with van der Waals surface area (Å²) in [5, 5.41) is 37.1. The summed E-state index contributed by atoms with van der Waals surface area (Å²) >= 11 is 13.1. The Balaban J connectivity index is 1.19. The molecule has 0 unspecified atom stereocenters. The number of anilines is 6. The second-order valence-corrected chi connectivity index (χ2v) is 15.2. The summed E-state index contributed by atoms with van der Waals surface area (Å²) in [4.78, 5) is 34.0. The van der Waals surface area contributed by atoms with Crippen LogP contribution in [0.3, 0.4) is 0 Å². The molecular formula is C32H38Cl2N12O8S2. The van der Waals surface area contributed by atoms with Gasteiger partial charge in [-0.3, -0.25) is 14.4 Å². The Morgan fingerprint density at radius 3 is 1.68 bits per heavy atom. The smallest absolute Gasteiger partial charge is 0.295 e. The van der Waals surface area contributed by atoms with Crippen molar-refractivity contribution in [1.29, 1.82) is 0 Å². The molecular weight excluding hydrogens is 815 g/mol. The molecule has 4 heterocycles. The SMILES string of the molecule is O=S(=O)(O)c1cc(Nc2nc(Cl)nc(N3CCN(CCO)CC3)n2)ccc1C=Cc1ccc(Nc2nc(Cl)nc(N3CCN(CCO)CC3)n2)cc1SOOO. The van der Waals surface area contributed by atoms with E-state index < -0.39 is 15.0 Å². The van der Waals surface area contributed by atoms with Crippen LogP contribution in [0.2, 0.25) is 10.6 Å². The Bertz CT molecular complexity index is 2110. The molecule has 2 saturated heterocycles. The van der Waals surface area contributed by atoms with E-state index in [9.17, 15) is 23.2 Å². The van der Waals surface area contributed by atoms with Gasteiger partial charge in [0, 0.05) is 81.7 Å². The Morgan fingerprint density at radius 2 is 1.20 bits per heavy atom. The van der Waals surface area contributed by atoms with E-state index in [0.717, 1.165) is 13.1 Å². The standard InChI is InChI=1S/C32H38Cl2N12O8S2/c33-27-37-29(41-31(39-27)45-11-7-43(8-12-45)15-17-47)35-23-5-3-21(25(19-23)55-54-53-49)1-2-22-4-6-24(20-26(22)56(50,51)52)36-30-38-28(34)40-32(42-30)46-13-9-44(10-14-46)16-18-48/h1-6,19-20,47-49H,7-18H2,(H,50,51,52)(H,35,37,39,41)(H,36,38,40,42). The van der Waals surface area contributed by atoms with Crippen LogP contribution in [0.4, 0.5) is 35.2 Å². The normalized spacial score (nSPS) is 15.8. The zero-order valence-corrected chi connectivity index (χ0v) is 32.7. The van der Waals surface area contributed by atoms with Gasteiger partial charge in [-0.1, -0.05) is 29.3 Å². The molecule has 6 rings (SSSR count). The molecule has 0 aliphatic carbocycles. The van der Waals surface area contributed by atoms with E-state index in [2.05, 4.69) is 55.4 Å². The number of nitrogens with one attached hydrogen (secondary N) is 2. The highest BCUT2D eigenvalue weighted by atomic mass is 35.5. The summed E-state index contributed by atoms with van der Waals surface area (Å²) in [5.74, 6) is 0.971. The average molecular weight is 854 g/mol.